The lowest BCUT2D eigenvalue weighted by molar-refractivity contribution is 0.515. The second-order valence-corrected chi connectivity index (χ2v) is 5.99. The van der Waals surface area contributed by atoms with Crippen LogP contribution in [0.4, 0.5) is 5.82 Å². The summed E-state index contributed by atoms with van der Waals surface area (Å²) in [4.78, 5) is 4.74. The Balaban J connectivity index is 1.86. The molecule has 1 saturated carbocycles. The van der Waals surface area contributed by atoms with Crippen molar-refractivity contribution in [3.8, 4) is 6.07 Å². The van der Waals surface area contributed by atoms with Crippen LogP contribution in [-0.2, 0) is 12.8 Å². The van der Waals surface area contributed by atoms with Gasteiger partial charge in [0, 0.05) is 11.7 Å². The molecule has 1 aromatic rings. The maximum atomic E-state index is 9.36. The Bertz CT molecular complexity index is 532. The highest BCUT2D eigenvalue weighted by molar-refractivity contribution is 5.55. The minimum atomic E-state index is 0.376. The predicted octanol–water partition coefficient (Wildman–Crippen LogP) is 2.37. The molecule has 0 spiro atoms. The molecule has 4 heteroatoms. The Morgan fingerprint density at radius 3 is 2.95 bits per heavy atom. The molecule has 2 aliphatic rings. The van der Waals surface area contributed by atoms with Gasteiger partial charge in [-0.2, -0.15) is 5.26 Å². The number of pyridine rings is 1. The number of aromatic nitrogens is 1. The zero-order chi connectivity index (χ0) is 13.9. The van der Waals surface area contributed by atoms with E-state index in [1.807, 2.05) is 6.07 Å². The van der Waals surface area contributed by atoms with Crippen LogP contribution in [0.15, 0.2) is 6.07 Å². The van der Waals surface area contributed by atoms with Gasteiger partial charge in [-0.25, -0.2) is 4.98 Å². The molecule has 0 amide bonds. The standard InChI is InChI=1S/C16H22N4/c17-9-12-5-3-7-15(12)20-16-13(10-18)8-11-4-1-2-6-14(11)19-16/h8,12,15H,1-7,9,17H2,(H,19,20). The molecular formula is C16H22N4. The van der Waals surface area contributed by atoms with Gasteiger partial charge >= 0.3 is 0 Å². The number of hydrogen-bond donors (Lipinski definition) is 2. The lowest BCUT2D eigenvalue weighted by atomic mass is 9.94. The summed E-state index contributed by atoms with van der Waals surface area (Å²) in [5, 5.41) is 12.9. The number of nitrogens with two attached hydrogens (primary N) is 1. The maximum absolute atomic E-state index is 9.36. The van der Waals surface area contributed by atoms with Crippen molar-refractivity contribution in [2.45, 2.75) is 51.0 Å². The van der Waals surface area contributed by atoms with Crippen molar-refractivity contribution in [2.24, 2.45) is 11.7 Å². The van der Waals surface area contributed by atoms with Crippen LogP contribution >= 0.6 is 0 Å². The normalized spacial score (nSPS) is 25.0. The minimum absolute atomic E-state index is 0.376. The van der Waals surface area contributed by atoms with Crippen molar-refractivity contribution in [3.63, 3.8) is 0 Å². The van der Waals surface area contributed by atoms with Crippen molar-refractivity contribution in [2.75, 3.05) is 11.9 Å². The Morgan fingerprint density at radius 2 is 2.15 bits per heavy atom. The number of aryl methyl sites for hydroxylation is 2. The van der Waals surface area contributed by atoms with Gasteiger partial charge in [0.05, 0.1) is 5.56 Å². The highest BCUT2D eigenvalue weighted by Gasteiger charge is 2.27. The molecular weight excluding hydrogens is 248 g/mol. The number of nitrogens with zero attached hydrogens (tertiary/aromatic N) is 2. The number of nitrogens with one attached hydrogen (secondary N) is 1. The van der Waals surface area contributed by atoms with Gasteiger partial charge in [-0.05, 0) is 62.6 Å². The molecule has 0 radical (unpaired) electrons. The SMILES string of the molecule is N#Cc1cc2c(nc1NC1CCCC1CN)CCCC2. The summed E-state index contributed by atoms with van der Waals surface area (Å²) in [5.41, 5.74) is 8.97. The van der Waals surface area contributed by atoms with Crippen LogP contribution in [0.5, 0.6) is 0 Å². The molecule has 2 unspecified atom stereocenters. The molecule has 1 heterocycles. The van der Waals surface area contributed by atoms with E-state index in [2.05, 4.69) is 11.4 Å². The van der Waals surface area contributed by atoms with Crippen molar-refractivity contribution in [1.82, 2.24) is 4.98 Å². The summed E-state index contributed by atoms with van der Waals surface area (Å²) in [6.07, 6.45) is 8.05. The van der Waals surface area contributed by atoms with Crippen molar-refractivity contribution >= 4 is 5.82 Å². The first kappa shape index (κ1) is 13.4. The summed E-state index contributed by atoms with van der Waals surface area (Å²) < 4.78 is 0. The molecule has 20 heavy (non-hydrogen) atoms. The van der Waals surface area contributed by atoms with Crippen LogP contribution in [0.25, 0.3) is 0 Å². The third-order valence-corrected chi connectivity index (χ3v) is 4.71. The van der Waals surface area contributed by atoms with Crippen LogP contribution in [0.2, 0.25) is 0 Å². The topological polar surface area (TPSA) is 74.7 Å². The quantitative estimate of drug-likeness (QED) is 0.884. The van der Waals surface area contributed by atoms with Crippen LogP contribution in [0, 0.1) is 17.2 Å². The van der Waals surface area contributed by atoms with E-state index in [4.69, 9.17) is 10.7 Å². The second-order valence-electron chi connectivity index (χ2n) is 5.99. The fourth-order valence-electron chi connectivity index (χ4n) is 3.51. The fraction of sp³-hybridized carbons (Fsp3) is 0.625. The molecule has 106 valence electrons. The number of anilines is 1. The van der Waals surface area contributed by atoms with Crippen LogP contribution in [0.1, 0.15) is 48.9 Å². The fourth-order valence-corrected chi connectivity index (χ4v) is 3.51. The monoisotopic (exact) mass is 270 g/mol. The van der Waals surface area contributed by atoms with E-state index in [0.29, 0.717) is 24.1 Å². The van der Waals surface area contributed by atoms with Gasteiger partial charge in [0.25, 0.3) is 0 Å². The zero-order valence-electron chi connectivity index (χ0n) is 11.9. The molecule has 2 aliphatic carbocycles. The highest BCUT2D eigenvalue weighted by Crippen LogP contribution is 2.30. The molecule has 1 fully saturated rings. The van der Waals surface area contributed by atoms with Gasteiger partial charge in [-0.15, -0.1) is 0 Å². The van der Waals surface area contributed by atoms with Gasteiger partial charge in [-0.1, -0.05) is 6.42 Å². The molecule has 0 saturated heterocycles. The van der Waals surface area contributed by atoms with Crippen molar-refractivity contribution in [3.05, 3.63) is 22.9 Å². The van der Waals surface area contributed by atoms with E-state index in [-0.39, 0.29) is 0 Å². The Morgan fingerprint density at radius 1 is 1.30 bits per heavy atom. The van der Waals surface area contributed by atoms with Gasteiger partial charge < -0.3 is 11.1 Å². The Hall–Kier alpha value is -1.60. The summed E-state index contributed by atoms with van der Waals surface area (Å²) >= 11 is 0. The third-order valence-electron chi connectivity index (χ3n) is 4.71. The molecule has 3 rings (SSSR count). The second kappa shape index (κ2) is 5.80. The van der Waals surface area contributed by atoms with Gasteiger partial charge in [0.2, 0.25) is 0 Å². The van der Waals surface area contributed by atoms with Crippen LogP contribution < -0.4 is 11.1 Å². The smallest absolute Gasteiger partial charge is 0.144 e. The zero-order valence-corrected chi connectivity index (χ0v) is 11.9. The van der Waals surface area contributed by atoms with Crippen molar-refractivity contribution < 1.29 is 0 Å². The number of nitriles is 1. The predicted molar refractivity (Wildman–Crippen MR) is 79.4 cm³/mol. The summed E-state index contributed by atoms with van der Waals surface area (Å²) in [6, 6.07) is 4.71. The van der Waals surface area contributed by atoms with Crippen LogP contribution in [-0.4, -0.2) is 17.6 Å². The maximum Gasteiger partial charge on any atom is 0.144 e. The average Bonchev–Trinajstić information content (AvgIpc) is 2.93. The van der Waals surface area contributed by atoms with Crippen molar-refractivity contribution in [1.29, 1.82) is 5.26 Å². The first-order chi connectivity index (χ1) is 9.81. The molecule has 0 aromatic carbocycles. The average molecular weight is 270 g/mol. The molecule has 4 nitrogen and oxygen atoms in total. The lowest BCUT2D eigenvalue weighted by Gasteiger charge is -2.23. The minimum Gasteiger partial charge on any atom is -0.366 e. The summed E-state index contributed by atoms with van der Waals surface area (Å²) in [6.45, 7) is 0.713. The van der Waals surface area contributed by atoms with Crippen LogP contribution in [0.3, 0.4) is 0 Å². The molecule has 0 aliphatic heterocycles. The van der Waals surface area contributed by atoms with E-state index in [0.717, 1.165) is 25.1 Å². The molecule has 0 bridgehead atoms. The summed E-state index contributed by atoms with van der Waals surface area (Å²) in [7, 11) is 0. The molecule has 3 N–H and O–H groups in total. The lowest BCUT2D eigenvalue weighted by Crippen LogP contribution is -2.30. The van der Waals surface area contributed by atoms with E-state index >= 15 is 0 Å². The van der Waals surface area contributed by atoms with Gasteiger partial charge in [-0.3, -0.25) is 0 Å². The van der Waals surface area contributed by atoms with E-state index in [1.54, 1.807) is 0 Å². The van der Waals surface area contributed by atoms with Gasteiger partial charge in [0.15, 0.2) is 0 Å². The van der Waals surface area contributed by atoms with E-state index in [9.17, 15) is 5.26 Å². The van der Waals surface area contributed by atoms with E-state index in [1.165, 1.54) is 36.9 Å². The largest absolute Gasteiger partial charge is 0.366 e. The Kier molecular flexibility index (Phi) is 3.88. The molecule has 2 atom stereocenters. The highest BCUT2D eigenvalue weighted by atomic mass is 15.0. The Labute approximate surface area is 120 Å². The van der Waals surface area contributed by atoms with Gasteiger partial charge in [0.1, 0.15) is 11.9 Å². The summed E-state index contributed by atoms with van der Waals surface area (Å²) in [5.74, 6) is 1.29. The first-order valence-electron chi connectivity index (χ1n) is 7.71. The first-order valence-corrected chi connectivity index (χ1v) is 7.71. The number of fused-ring (bicyclic) bond motifs is 1. The van der Waals surface area contributed by atoms with E-state index < -0.39 is 0 Å². The number of rotatable bonds is 3. The number of hydrogen-bond acceptors (Lipinski definition) is 4. The molecule has 1 aromatic heterocycles. The third kappa shape index (κ3) is 2.51.